The third kappa shape index (κ3) is 2.43. The first-order valence-corrected chi connectivity index (χ1v) is 5.92. The molecule has 1 heterocycles. The number of aliphatic hydroxyl groups is 1. The number of nitro groups is 1. The zero-order valence-electron chi connectivity index (χ0n) is 9.88. The lowest BCUT2D eigenvalue weighted by Crippen LogP contribution is -2.37. The second-order valence-electron chi connectivity index (χ2n) is 4.50. The van der Waals surface area contributed by atoms with Gasteiger partial charge in [-0.2, -0.15) is 4.39 Å². The average molecular weight is 254 g/mol. The van der Waals surface area contributed by atoms with E-state index >= 15 is 0 Å². The topological polar surface area (TPSA) is 66.6 Å². The highest BCUT2D eigenvalue weighted by Gasteiger charge is 2.27. The Labute approximate surface area is 104 Å². The molecule has 0 amide bonds. The van der Waals surface area contributed by atoms with Crippen LogP contribution >= 0.6 is 0 Å². The first kappa shape index (κ1) is 12.8. The Hall–Kier alpha value is -1.69. The van der Waals surface area contributed by atoms with Gasteiger partial charge in [0.15, 0.2) is 0 Å². The lowest BCUT2D eigenvalue weighted by molar-refractivity contribution is -0.386. The molecular formula is C12H15FN2O3. The minimum atomic E-state index is -0.816. The number of nitro benzene ring substituents is 1. The van der Waals surface area contributed by atoms with E-state index in [0.29, 0.717) is 18.8 Å². The molecule has 1 aromatic carbocycles. The van der Waals surface area contributed by atoms with Crippen molar-refractivity contribution < 1.29 is 14.4 Å². The van der Waals surface area contributed by atoms with E-state index in [4.69, 9.17) is 5.11 Å². The molecule has 0 spiro atoms. The highest BCUT2D eigenvalue weighted by molar-refractivity contribution is 5.64. The smallest absolute Gasteiger partial charge is 0.327 e. The van der Waals surface area contributed by atoms with Gasteiger partial charge in [0.1, 0.15) is 5.69 Å². The molecule has 0 aromatic heterocycles. The van der Waals surface area contributed by atoms with E-state index in [1.807, 2.05) is 0 Å². The average Bonchev–Trinajstić information content (AvgIpc) is 2.38. The monoisotopic (exact) mass is 254 g/mol. The normalized spacial score (nSPS) is 19.9. The van der Waals surface area contributed by atoms with Crippen molar-refractivity contribution in [3.8, 4) is 0 Å². The SMILES string of the molecule is O=[N+]([O-])c1c(F)cccc1N1CCCC(CO)C1. The van der Waals surface area contributed by atoms with Gasteiger partial charge in [-0.05, 0) is 30.9 Å². The molecule has 1 aliphatic heterocycles. The molecule has 0 aliphatic carbocycles. The van der Waals surface area contributed by atoms with E-state index in [2.05, 4.69) is 0 Å². The molecule has 1 unspecified atom stereocenters. The highest BCUT2D eigenvalue weighted by atomic mass is 19.1. The summed E-state index contributed by atoms with van der Waals surface area (Å²) < 4.78 is 13.5. The van der Waals surface area contributed by atoms with Crippen molar-refractivity contribution in [1.29, 1.82) is 0 Å². The zero-order valence-corrected chi connectivity index (χ0v) is 9.88. The van der Waals surface area contributed by atoms with Crippen LogP contribution in [0.2, 0.25) is 0 Å². The second kappa shape index (κ2) is 5.30. The Morgan fingerprint density at radius 3 is 3.00 bits per heavy atom. The fourth-order valence-electron chi connectivity index (χ4n) is 2.37. The van der Waals surface area contributed by atoms with E-state index in [9.17, 15) is 14.5 Å². The number of hydrogen-bond donors (Lipinski definition) is 1. The van der Waals surface area contributed by atoms with Crippen molar-refractivity contribution in [2.24, 2.45) is 5.92 Å². The van der Waals surface area contributed by atoms with Crippen molar-refractivity contribution in [3.63, 3.8) is 0 Å². The first-order chi connectivity index (χ1) is 8.63. The summed E-state index contributed by atoms with van der Waals surface area (Å²) >= 11 is 0. The summed E-state index contributed by atoms with van der Waals surface area (Å²) in [6.07, 6.45) is 1.75. The van der Waals surface area contributed by atoms with Gasteiger partial charge in [-0.1, -0.05) is 6.07 Å². The van der Waals surface area contributed by atoms with Crippen LogP contribution in [0.25, 0.3) is 0 Å². The first-order valence-electron chi connectivity index (χ1n) is 5.92. The predicted molar refractivity (Wildman–Crippen MR) is 65.1 cm³/mol. The van der Waals surface area contributed by atoms with Crippen molar-refractivity contribution in [1.82, 2.24) is 0 Å². The van der Waals surface area contributed by atoms with Gasteiger partial charge in [0.25, 0.3) is 0 Å². The number of hydrogen-bond acceptors (Lipinski definition) is 4. The molecule has 1 aromatic rings. The van der Waals surface area contributed by atoms with Gasteiger partial charge in [0, 0.05) is 19.7 Å². The van der Waals surface area contributed by atoms with Crippen LogP contribution in [0.15, 0.2) is 18.2 Å². The van der Waals surface area contributed by atoms with Crippen molar-refractivity contribution in [2.75, 3.05) is 24.6 Å². The summed E-state index contributed by atoms with van der Waals surface area (Å²) in [4.78, 5) is 12.0. The molecule has 1 saturated heterocycles. The largest absolute Gasteiger partial charge is 0.396 e. The lowest BCUT2D eigenvalue weighted by Gasteiger charge is -2.33. The van der Waals surface area contributed by atoms with Gasteiger partial charge in [0.05, 0.1) is 4.92 Å². The van der Waals surface area contributed by atoms with Gasteiger partial charge in [-0.3, -0.25) is 10.1 Å². The lowest BCUT2D eigenvalue weighted by atomic mass is 9.98. The number of halogens is 1. The Balaban J connectivity index is 2.32. The van der Waals surface area contributed by atoms with E-state index in [0.717, 1.165) is 18.9 Å². The maximum Gasteiger partial charge on any atom is 0.327 e. The van der Waals surface area contributed by atoms with Crippen LogP contribution in [0.1, 0.15) is 12.8 Å². The summed E-state index contributed by atoms with van der Waals surface area (Å²) in [6.45, 7) is 1.24. The van der Waals surface area contributed by atoms with Crippen LogP contribution in [0, 0.1) is 21.8 Å². The van der Waals surface area contributed by atoms with E-state index in [1.54, 1.807) is 11.0 Å². The van der Waals surface area contributed by atoms with E-state index < -0.39 is 16.4 Å². The molecule has 0 saturated carbocycles. The summed E-state index contributed by atoms with van der Waals surface area (Å²) in [5.41, 5.74) is -0.172. The Kier molecular flexibility index (Phi) is 3.76. The molecule has 2 rings (SSSR count). The third-order valence-electron chi connectivity index (χ3n) is 3.27. The summed E-state index contributed by atoms with van der Waals surface area (Å²) in [5.74, 6) is -0.717. The summed E-state index contributed by atoms with van der Waals surface area (Å²) in [5, 5.41) is 20.1. The second-order valence-corrected chi connectivity index (χ2v) is 4.50. The standard InChI is InChI=1S/C12H15FN2O3/c13-10-4-1-5-11(12(10)15(17)18)14-6-2-3-9(7-14)8-16/h1,4-5,9,16H,2-3,6-8H2. The van der Waals surface area contributed by atoms with Gasteiger partial charge in [-0.25, -0.2) is 0 Å². The Morgan fingerprint density at radius 2 is 2.33 bits per heavy atom. The van der Waals surface area contributed by atoms with E-state index in [-0.39, 0.29) is 12.5 Å². The van der Waals surface area contributed by atoms with Gasteiger partial charge in [0.2, 0.25) is 5.82 Å². The molecule has 0 bridgehead atoms. The van der Waals surface area contributed by atoms with Crippen LogP contribution in [0.3, 0.4) is 0 Å². The van der Waals surface area contributed by atoms with Crippen LogP contribution in [-0.4, -0.2) is 29.7 Å². The molecule has 5 nitrogen and oxygen atoms in total. The van der Waals surface area contributed by atoms with Gasteiger partial charge >= 0.3 is 5.69 Å². The summed E-state index contributed by atoms with van der Waals surface area (Å²) in [7, 11) is 0. The van der Waals surface area contributed by atoms with Crippen LogP contribution in [0.4, 0.5) is 15.8 Å². The maximum absolute atomic E-state index is 13.5. The highest BCUT2D eigenvalue weighted by Crippen LogP contribution is 2.33. The Bertz CT molecular complexity index is 453. The quantitative estimate of drug-likeness (QED) is 0.661. The number of aliphatic hydroxyl groups excluding tert-OH is 1. The van der Waals surface area contributed by atoms with Crippen LogP contribution < -0.4 is 4.90 Å². The number of nitrogens with zero attached hydrogens (tertiary/aromatic N) is 2. The summed E-state index contributed by atoms with van der Waals surface area (Å²) in [6, 6.07) is 4.12. The molecule has 1 aliphatic rings. The van der Waals surface area contributed by atoms with Gasteiger partial charge < -0.3 is 10.0 Å². The van der Waals surface area contributed by atoms with Crippen molar-refractivity contribution in [3.05, 3.63) is 34.1 Å². The predicted octanol–water partition coefficient (Wildman–Crippen LogP) is 1.94. The Morgan fingerprint density at radius 1 is 1.56 bits per heavy atom. The van der Waals surface area contributed by atoms with Crippen molar-refractivity contribution >= 4 is 11.4 Å². The third-order valence-corrected chi connectivity index (χ3v) is 3.27. The number of para-hydroxylation sites is 1. The van der Waals surface area contributed by atoms with E-state index in [1.165, 1.54) is 6.07 Å². The molecule has 1 N–H and O–H groups in total. The maximum atomic E-state index is 13.5. The molecule has 1 atom stereocenters. The molecule has 6 heteroatoms. The number of benzene rings is 1. The minimum Gasteiger partial charge on any atom is -0.396 e. The fraction of sp³-hybridized carbons (Fsp3) is 0.500. The minimum absolute atomic E-state index is 0.0552. The molecule has 0 radical (unpaired) electrons. The van der Waals surface area contributed by atoms with Crippen molar-refractivity contribution in [2.45, 2.75) is 12.8 Å². The fourth-order valence-corrected chi connectivity index (χ4v) is 2.37. The zero-order chi connectivity index (χ0) is 13.1. The molecule has 1 fully saturated rings. The van der Waals surface area contributed by atoms with Crippen LogP contribution in [0.5, 0.6) is 0 Å². The van der Waals surface area contributed by atoms with Crippen LogP contribution in [-0.2, 0) is 0 Å². The number of anilines is 1. The van der Waals surface area contributed by atoms with Gasteiger partial charge in [-0.15, -0.1) is 0 Å². The molecule has 18 heavy (non-hydrogen) atoms. The number of piperidine rings is 1. The number of rotatable bonds is 3. The molecule has 98 valence electrons. The molecular weight excluding hydrogens is 239 g/mol.